The minimum atomic E-state index is 0.210. The van der Waals surface area contributed by atoms with Crippen LogP contribution in [0.4, 0.5) is 5.69 Å². The second kappa shape index (κ2) is 7.10. The summed E-state index contributed by atoms with van der Waals surface area (Å²) in [5, 5.41) is 9.08. The van der Waals surface area contributed by atoms with E-state index in [1.54, 1.807) is 0 Å². The summed E-state index contributed by atoms with van der Waals surface area (Å²) in [5.74, 6) is 1.06. The van der Waals surface area contributed by atoms with Crippen LogP contribution in [0.1, 0.15) is 32.1 Å². The fourth-order valence-corrected chi connectivity index (χ4v) is 2.31. The third-order valence-corrected chi connectivity index (χ3v) is 3.34. The predicted octanol–water partition coefficient (Wildman–Crippen LogP) is 2.85. The zero-order valence-electron chi connectivity index (χ0n) is 12.2. The molecule has 20 heavy (non-hydrogen) atoms. The SMILES string of the molecule is CC(C)n1ccnc1CN(CCCO)c1ccccc1. The molecule has 0 saturated heterocycles. The summed E-state index contributed by atoms with van der Waals surface area (Å²) in [7, 11) is 0. The van der Waals surface area contributed by atoms with Gasteiger partial charge in [0.1, 0.15) is 5.82 Å². The van der Waals surface area contributed by atoms with Crippen LogP contribution in [0.3, 0.4) is 0 Å². The van der Waals surface area contributed by atoms with Gasteiger partial charge in [-0.3, -0.25) is 0 Å². The van der Waals surface area contributed by atoms with Crippen molar-refractivity contribution in [2.45, 2.75) is 32.9 Å². The Morgan fingerprint density at radius 2 is 2.00 bits per heavy atom. The van der Waals surface area contributed by atoms with Crippen LogP contribution in [-0.2, 0) is 6.54 Å². The van der Waals surface area contributed by atoms with Gasteiger partial charge in [-0.15, -0.1) is 0 Å². The standard InChI is InChI=1S/C16H23N3O/c1-14(2)19-11-9-17-16(19)13-18(10-6-12-20)15-7-4-3-5-8-15/h3-5,7-9,11,14,20H,6,10,12-13H2,1-2H3. The van der Waals surface area contributed by atoms with Crippen molar-refractivity contribution in [3.05, 3.63) is 48.5 Å². The normalized spacial score (nSPS) is 11.0. The van der Waals surface area contributed by atoms with Crippen LogP contribution in [0, 0.1) is 0 Å². The summed E-state index contributed by atoms with van der Waals surface area (Å²) >= 11 is 0. The zero-order chi connectivity index (χ0) is 14.4. The van der Waals surface area contributed by atoms with Crippen LogP contribution in [0.25, 0.3) is 0 Å². The molecule has 0 unspecified atom stereocenters. The largest absolute Gasteiger partial charge is 0.396 e. The van der Waals surface area contributed by atoms with Crippen LogP contribution >= 0.6 is 0 Å². The van der Waals surface area contributed by atoms with Gasteiger partial charge in [0.2, 0.25) is 0 Å². The van der Waals surface area contributed by atoms with E-state index in [1.807, 2.05) is 30.6 Å². The lowest BCUT2D eigenvalue weighted by Crippen LogP contribution is -2.26. The van der Waals surface area contributed by atoms with Crippen LogP contribution < -0.4 is 4.90 Å². The van der Waals surface area contributed by atoms with Crippen LogP contribution in [-0.4, -0.2) is 27.8 Å². The van der Waals surface area contributed by atoms with Crippen molar-refractivity contribution < 1.29 is 5.11 Å². The molecule has 1 aromatic carbocycles. The fourth-order valence-electron chi connectivity index (χ4n) is 2.31. The predicted molar refractivity (Wildman–Crippen MR) is 81.8 cm³/mol. The molecule has 0 spiro atoms. The molecule has 2 rings (SSSR count). The van der Waals surface area contributed by atoms with Crippen molar-refractivity contribution in [1.29, 1.82) is 0 Å². The van der Waals surface area contributed by atoms with E-state index >= 15 is 0 Å². The molecule has 0 fully saturated rings. The molecule has 4 nitrogen and oxygen atoms in total. The number of hydrogen-bond acceptors (Lipinski definition) is 3. The molecule has 1 N–H and O–H groups in total. The molecule has 1 heterocycles. The first-order valence-electron chi connectivity index (χ1n) is 7.15. The Balaban J connectivity index is 2.17. The first-order chi connectivity index (χ1) is 9.72. The molecule has 4 heteroatoms. The highest BCUT2D eigenvalue weighted by Crippen LogP contribution is 2.18. The second-order valence-electron chi connectivity index (χ2n) is 5.18. The van der Waals surface area contributed by atoms with Gasteiger partial charge in [0.15, 0.2) is 0 Å². The topological polar surface area (TPSA) is 41.3 Å². The summed E-state index contributed by atoms with van der Waals surface area (Å²) < 4.78 is 2.19. The first-order valence-corrected chi connectivity index (χ1v) is 7.15. The van der Waals surface area contributed by atoms with E-state index in [2.05, 4.69) is 40.4 Å². The molecule has 0 aliphatic heterocycles. The Bertz CT molecular complexity index is 507. The maximum Gasteiger partial charge on any atom is 0.128 e. The van der Waals surface area contributed by atoms with Gasteiger partial charge in [0.05, 0.1) is 6.54 Å². The van der Waals surface area contributed by atoms with E-state index in [0.29, 0.717) is 6.04 Å². The quantitative estimate of drug-likeness (QED) is 0.843. The summed E-state index contributed by atoms with van der Waals surface area (Å²) in [6.07, 6.45) is 4.64. The number of anilines is 1. The van der Waals surface area contributed by atoms with Crippen LogP contribution in [0.2, 0.25) is 0 Å². The average molecular weight is 273 g/mol. The molecule has 2 aromatic rings. The van der Waals surface area contributed by atoms with E-state index in [9.17, 15) is 0 Å². The Hall–Kier alpha value is -1.81. The van der Waals surface area contributed by atoms with Gasteiger partial charge in [0.25, 0.3) is 0 Å². The van der Waals surface area contributed by atoms with E-state index in [-0.39, 0.29) is 6.61 Å². The van der Waals surface area contributed by atoms with Crippen LogP contribution in [0.15, 0.2) is 42.7 Å². The molecule has 0 aliphatic carbocycles. The average Bonchev–Trinajstić information content (AvgIpc) is 2.92. The van der Waals surface area contributed by atoms with Gasteiger partial charge in [-0.1, -0.05) is 18.2 Å². The number of rotatable bonds is 7. The molecule has 0 atom stereocenters. The Labute approximate surface area is 120 Å². The van der Waals surface area contributed by atoms with E-state index in [0.717, 1.165) is 25.3 Å². The lowest BCUT2D eigenvalue weighted by Gasteiger charge is -2.25. The Kier molecular flexibility index (Phi) is 5.18. The van der Waals surface area contributed by atoms with Gasteiger partial charge in [0, 0.05) is 37.3 Å². The number of aromatic nitrogens is 2. The number of nitrogens with zero attached hydrogens (tertiary/aromatic N) is 3. The highest BCUT2D eigenvalue weighted by Gasteiger charge is 2.12. The molecule has 0 aliphatic rings. The van der Waals surface area contributed by atoms with Crippen molar-refractivity contribution in [2.24, 2.45) is 0 Å². The number of hydrogen-bond donors (Lipinski definition) is 1. The molecule has 1 aromatic heterocycles. The molecule has 108 valence electrons. The second-order valence-corrected chi connectivity index (χ2v) is 5.18. The number of para-hydroxylation sites is 1. The highest BCUT2D eigenvalue weighted by molar-refractivity contribution is 5.45. The maximum absolute atomic E-state index is 9.08. The molecule has 0 saturated carbocycles. The van der Waals surface area contributed by atoms with Crippen molar-refractivity contribution in [1.82, 2.24) is 9.55 Å². The summed E-state index contributed by atoms with van der Waals surface area (Å²) in [6.45, 7) is 6.11. The third kappa shape index (κ3) is 3.61. The summed E-state index contributed by atoms with van der Waals surface area (Å²) in [6, 6.07) is 10.7. The van der Waals surface area contributed by atoms with Crippen LogP contribution in [0.5, 0.6) is 0 Å². The fraction of sp³-hybridized carbons (Fsp3) is 0.438. The number of aliphatic hydroxyl groups is 1. The van der Waals surface area contributed by atoms with E-state index < -0.39 is 0 Å². The van der Waals surface area contributed by atoms with Gasteiger partial charge in [-0.2, -0.15) is 0 Å². The summed E-state index contributed by atoms with van der Waals surface area (Å²) in [5.41, 5.74) is 1.17. The molecule has 0 bridgehead atoms. The van der Waals surface area contributed by atoms with Crippen molar-refractivity contribution in [3.63, 3.8) is 0 Å². The summed E-state index contributed by atoms with van der Waals surface area (Å²) in [4.78, 5) is 6.73. The Morgan fingerprint density at radius 3 is 2.65 bits per heavy atom. The van der Waals surface area contributed by atoms with E-state index in [4.69, 9.17) is 5.11 Å². The van der Waals surface area contributed by atoms with Crippen molar-refractivity contribution in [3.8, 4) is 0 Å². The third-order valence-electron chi connectivity index (χ3n) is 3.34. The maximum atomic E-state index is 9.08. The lowest BCUT2D eigenvalue weighted by molar-refractivity contribution is 0.289. The molecule has 0 amide bonds. The van der Waals surface area contributed by atoms with E-state index in [1.165, 1.54) is 5.69 Å². The first kappa shape index (κ1) is 14.6. The number of benzene rings is 1. The highest BCUT2D eigenvalue weighted by atomic mass is 16.3. The van der Waals surface area contributed by atoms with Gasteiger partial charge in [-0.05, 0) is 32.4 Å². The molecule has 0 radical (unpaired) electrons. The monoisotopic (exact) mass is 273 g/mol. The molecular formula is C16H23N3O. The lowest BCUT2D eigenvalue weighted by atomic mass is 10.2. The number of aliphatic hydroxyl groups excluding tert-OH is 1. The smallest absolute Gasteiger partial charge is 0.128 e. The zero-order valence-corrected chi connectivity index (χ0v) is 12.2. The Morgan fingerprint density at radius 1 is 1.25 bits per heavy atom. The van der Waals surface area contributed by atoms with Gasteiger partial charge in [-0.25, -0.2) is 4.98 Å². The van der Waals surface area contributed by atoms with Gasteiger partial charge >= 0.3 is 0 Å². The van der Waals surface area contributed by atoms with Crippen molar-refractivity contribution in [2.75, 3.05) is 18.1 Å². The minimum absolute atomic E-state index is 0.210. The van der Waals surface area contributed by atoms with Gasteiger partial charge < -0.3 is 14.6 Å². The molecular weight excluding hydrogens is 250 g/mol. The van der Waals surface area contributed by atoms with Crippen molar-refractivity contribution >= 4 is 5.69 Å². The number of imidazole rings is 1. The minimum Gasteiger partial charge on any atom is -0.396 e.